The zero-order valence-corrected chi connectivity index (χ0v) is 18.3. The summed E-state index contributed by atoms with van der Waals surface area (Å²) in [6, 6.07) is 10.6. The zero-order chi connectivity index (χ0) is 23.0. The summed E-state index contributed by atoms with van der Waals surface area (Å²) in [7, 11) is 0. The van der Waals surface area contributed by atoms with E-state index in [1.165, 1.54) is 0 Å². The normalized spacial score (nSPS) is 25.3. The molecule has 1 aliphatic heterocycles. The summed E-state index contributed by atoms with van der Waals surface area (Å²) in [5.41, 5.74) is 2.32. The molecule has 1 saturated carbocycles. The number of ether oxygens (including phenoxy) is 1. The number of aromatic amines is 1. The number of carbonyl (C=O) groups excluding carboxylic acids is 2. The predicted octanol–water partition coefficient (Wildman–Crippen LogP) is 3.62. The summed E-state index contributed by atoms with van der Waals surface area (Å²) < 4.78 is 6.14. The number of Topliss-reactive ketones (excluding diaryl/α,β-unsaturated/α-hetero) is 1. The number of aliphatic hydroxyl groups is 1. The van der Waals surface area contributed by atoms with E-state index in [1.54, 1.807) is 30.6 Å². The van der Waals surface area contributed by atoms with Gasteiger partial charge < -0.3 is 20.1 Å². The van der Waals surface area contributed by atoms with Gasteiger partial charge in [0.15, 0.2) is 5.78 Å². The average molecular weight is 441 g/mol. The van der Waals surface area contributed by atoms with Crippen molar-refractivity contribution in [3.05, 3.63) is 82.7 Å². The molecule has 2 heterocycles. The fourth-order valence-electron chi connectivity index (χ4n) is 5.18. The third-order valence-corrected chi connectivity index (χ3v) is 6.93. The van der Waals surface area contributed by atoms with E-state index in [1.807, 2.05) is 24.3 Å². The Kier molecular flexibility index (Phi) is 4.02. The van der Waals surface area contributed by atoms with Crippen LogP contribution in [0.15, 0.2) is 66.0 Å². The van der Waals surface area contributed by atoms with E-state index in [-0.39, 0.29) is 11.7 Å². The number of nitrogens with one attached hydrogen (secondary N) is 2. The highest BCUT2D eigenvalue weighted by Gasteiger charge is 2.73. The van der Waals surface area contributed by atoms with E-state index in [0.29, 0.717) is 46.4 Å². The Bertz CT molecular complexity index is 1420. The minimum absolute atomic E-state index is 0.236. The molecule has 7 heteroatoms. The van der Waals surface area contributed by atoms with Gasteiger partial charge in [-0.3, -0.25) is 9.59 Å². The summed E-state index contributed by atoms with van der Waals surface area (Å²) >= 11 is 0. The third-order valence-electron chi connectivity index (χ3n) is 6.93. The van der Waals surface area contributed by atoms with Crippen LogP contribution in [0.3, 0.4) is 0 Å². The minimum atomic E-state index is -2.01. The number of amides is 1. The van der Waals surface area contributed by atoms with Gasteiger partial charge in [-0.15, -0.1) is 0 Å². The Morgan fingerprint density at radius 1 is 1.18 bits per heavy atom. The van der Waals surface area contributed by atoms with Gasteiger partial charge >= 0.3 is 0 Å². The Hall–Kier alpha value is -3.71. The third kappa shape index (κ3) is 2.51. The lowest BCUT2D eigenvalue weighted by Crippen LogP contribution is -2.62. The number of allylic oxidation sites excluding steroid dienone is 2. The molecular formula is C26H23N3O4. The Morgan fingerprint density at radius 3 is 2.82 bits per heavy atom. The summed E-state index contributed by atoms with van der Waals surface area (Å²) in [4.78, 5) is 34.6. The van der Waals surface area contributed by atoms with Crippen molar-refractivity contribution in [1.29, 1.82) is 0 Å². The second kappa shape index (κ2) is 6.65. The largest absolute Gasteiger partial charge is 0.454 e. The van der Waals surface area contributed by atoms with Crippen LogP contribution in [0.2, 0.25) is 0 Å². The van der Waals surface area contributed by atoms with Gasteiger partial charge in [-0.25, -0.2) is 4.98 Å². The van der Waals surface area contributed by atoms with Gasteiger partial charge in [-0.1, -0.05) is 38.1 Å². The van der Waals surface area contributed by atoms with E-state index in [9.17, 15) is 14.7 Å². The molecule has 2 atom stereocenters. The van der Waals surface area contributed by atoms with Crippen LogP contribution < -0.4 is 10.1 Å². The van der Waals surface area contributed by atoms with E-state index < -0.39 is 17.2 Å². The van der Waals surface area contributed by atoms with Crippen LogP contribution in [-0.2, 0) is 10.3 Å². The topological polar surface area (TPSA) is 104 Å². The monoisotopic (exact) mass is 441 g/mol. The lowest BCUT2D eigenvalue weighted by molar-refractivity contribution is -0.152. The molecule has 2 aliphatic carbocycles. The quantitative estimate of drug-likeness (QED) is 0.576. The number of benzene rings is 2. The number of hydrogen-bond acceptors (Lipinski definition) is 5. The molecule has 7 nitrogen and oxygen atoms in total. The highest BCUT2D eigenvalue weighted by Crippen LogP contribution is 2.59. The van der Waals surface area contributed by atoms with E-state index in [0.717, 1.165) is 11.1 Å². The average Bonchev–Trinajstić information content (AvgIpc) is 3.43. The van der Waals surface area contributed by atoms with Crippen LogP contribution in [0.5, 0.6) is 5.75 Å². The fourth-order valence-corrected chi connectivity index (χ4v) is 5.18. The number of fused-ring (bicyclic) bond motifs is 6. The van der Waals surface area contributed by atoms with Crippen molar-refractivity contribution in [2.45, 2.75) is 43.9 Å². The molecule has 1 aromatic heterocycles. The standard InChI is InChI=1S/C26H23N3O4/c1-14(2)15-7-9-19-22(12-15)33-26(32)18-6-4-3-5-17(18)23(30)25(19,26)29-24(31)16-8-10-20-21(11-16)28-13-27-20/h5-14,32H,3-4H2,1-2H3,(H,27,28)(H,29,31). The van der Waals surface area contributed by atoms with Gasteiger partial charge in [-0.2, -0.15) is 0 Å². The second-order valence-electron chi connectivity index (χ2n) is 9.14. The van der Waals surface area contributed by atoms with Gasteiger partial charge in [-0.05, 0) is 48.6 Å². The van der Waals surface area contributed by atoms with E-state index >= 15 is 0 Å². The van der Waals surface area contributed by atoms with Crippen molar-refractivity contribution in [3.63, 3.8) is 0 Å². The Balaban J connectivity index is 1.52. The number of aromatic nitrogens is 2. The van der Waals surface area contributed by atoms with Crippen LogP contribution in [0.25, 0.3) is 11.0 Å². The molecule has 3 aromatic rings. The van der Waals surface area contributed by atoms with Crippen LogP contribution in [-0.4, -0.2) is 32.6 Å². The van der Waals surface area contributed by atoms with Gasteiger partial charge in [0.25, 0.3) is 11.7 Å². The smallest absolute Gasteiger partial charge is 0.270 e. The molecule has 3 N–H and O–H groups in total. The summed E-state index contributed by atoms with van der Waals surface area (Å²) in [6.45, 7) is 4.12. The van der Waals surface area contributed by atoms with Gasteiger partial charge in [0.05, 0.1) is 17.4 Å². The number of imidazole rings is 1. The molecule has 33 heavy (non-hydrogen) atoms. The molecule has 3 aliphatic rings. The van der Waals surface area contributed by atoms with Crippen LogP contribution in [0.4, 0.5) is 0 Å². The molecule has 166 valence electrons. The number of nitrogens with zero attached hydrogens (tertiary/aromatic N) is 1. The Morgan fingerprint density at radius 2 is 2.00 bits per heavy atom. The maximum absolute atomic E-state index is 13.9. The van der Waals surface area contributed by atoms with E-state index in [2.05, 4.69) is 29.1 Å². The summed E-state index contributed by atoms with van der Waals surface area (Å²) in [6.07, 6.45) is 6.60. The highest BCUT2D eigenvalue weighted by molar-refractivity contribution is 6.16. The maximum Gasteiger partial charge on any atom is 0.270 e. The first-order valence-corrected chi connectivity index (χ1v) is 11.1. The first-order chi connectivity index (χ1) is 15.8. The van der Waals surface area contributed by atoms with E-state index in [4.69, 9.17) is 4.74 Å². The summed E-state index contributed by atoms with van der Waals surface area (Å²) in [5, 5.41) is 14.8. The molecule has 2 aromatic carbocycles. The predicted molar refractivity (Wildman–Crippen MR) is 122 cm³/mol. The lowest BCUT2D eigenvalue weighted by atomic mass is 9.82. The van der Waals surface area contributed by atoms with Gasteiger partial charge in [0.1, 0.15) is 5.75 Å². The highest BCUT2D eigenvalue weighted by atomic mass is 16.6. The molecule has 0 radical (unpaired) electrons. The molecular weight excluding hydrogens is 418 g/mol. The van der Waals surface area contributed by atoms with Crippen molar-refractivity contribution >= 4 is 22.7 Å². The molecule has 6 rings (SSSR count). The summed E-state index contributed by atoms with van der Waals surface area (Å²) in [5.74, 6) is -2.22. The number of carbonyl (C=O) groups is 2. The minimum Gasteiger partial charge on any atom is -0.454 e. The number of H-pyrrole nitrogens is 1. The molecule has 0 saturated heterocycles. The fraction of sp³-hybridized carbons (Fsp3) is 0.269. The van der Waals surface area contributed by atoms with Gasteiger partial charge in [0, 0.05) is 22.3 Å². The van der Waals surface area contributed by atoms with Crippen LogP contribution >= 0.6 is 0 Å². The first-order valence-electron chi connectivity index (χ1n) is 11.1. The number of ketones is 1. The molecule has 2 unspecified atom stereocenters. The SMILES string of the molecule is CC(C)c1ccc2c(c1)OC1(O)C3=CCCC=C3C(=O)C21NC(=O)c1ccc2[nH]cnc2c1. The van der Waals surface area contributed by atoms with Crippen molar-refractivity contribution in [2.75, 3.05) is 0 Å². The number of rotatable bonds is 3. The van der Waals surface area contributed by atoms with Crippen molar-refractivity contribution in [3.8, 4) is 5.75 Å². The lowest BCUT2D eigenvalue weighted by Gasteiger charge is -2.34. The number of hydrogen-bond donors (Lipinski definition) is 3. The zero-order valence-electron chi connectivity index (χ0n) is 18.3. The Labute approximate surface area is 190 Å². The second-order valence-corrected chi connectivity index (χ2v) is 9.14. The molecule has 0 spiro atoms. The molecule has 1 amide bonds. The molecule has 0 bridgehead atoms. The van der Waals surface area contributed by atoms with Crippen molar-refractivity contribution in [1.82, 2.24) is 15.3 Å². The van der Waals surface area contributed by atoms with Gasteiger partial charge in [0.2, 0.25) is 5.54 Å². The maximum atomic E-state index is 13.9. The van der Waals surface area contributed by atoms with Crippen molar-refractivity contribution in [2.24, 2.45) is 0 Å². The van der Waals surface area contributed by atoms with Crippen molar-refractivity contribution < 1.29 is 19.4 Å². The molecule has 1 fully saturated rings. The van der Waals surface area contributed by atoms with Crippen LogP contribution in [0, 0.1) is 0 Å². The van der Waals surface area contributed by atoms with Crippen LogP contribution in [0.1, 0.15) is 54.1 Å². The first kappa shape index (κ1) is 19.9.